The third kappa shape index (κ3) is 4.67. The Morgan fingerprint density at radius 1 is 1.21 bits per heavy atom. The van der Waals surface area contributed by atoms with Gasteiger partial charge in [-0.25, -0.2) is 9.97 Å². The Labute approximate surface area is 115 Å². The quantitative estimate of drug-likeness (QED) is 0.703. The molecule has 0 bridgehead atoms. The van der Waals surface area contributed by atoms with E-state index in [0.717, 1.165) is 55.9 Å². The van der Waals surface area contributed by atoms with E-state index in [0.29, 0.717) is 5.82 Å². The van der Waals surface area contributed by atoms with E-state index in [9.17, 15) is 0 Å². The molecular formula is C14H26N4O. The number of rotatable bonds is 8. The van der Waals surface area contributed by atoms with E-state index < -0.39 is 0 Å². The van der Waals surface area contributed by atoms with Crippen molar-refractivity contribution in [3.63, 3.8) is 0 Å². The first-order valence-electron chi connectivity index (χ1n) is 7.05. The highest BCUT2D eigenvalue weighted by molar-refractivity contribution is 5.56. The molecule has 3 N–H and O–H groups in total. The van der Waals surface area contributed by atoms with Gasteiger partial charge in [0.1, 0.15) is 17.5 Å². The zero-order valence-electron chi connectivity index (χ0n) is 12.3. The van der Waals surface area contributed by atoms with E-state index in [4.69, 9.17) is 10.8 Å². The molecule has 0 aliphatic rings. The van der Waals surface area contributed by atoms with Gasteiger partial charge in [0.2, 0.25) is 0 Å². The van der Waals surface area contributed by atoms with Crippen molar-refractivity contribution in [3.05, 3.63) is 11.4 Å². The van der Waals surface area contributed by atoms with Gasteiger partial charge in [0.05, 0.1) is 0 Å². The molecule has 0 spiro atoms. The maximum Gasteiger partial charge on any atom is 0.137 e. The number of unbranched alkanes of at least 4 members (excludes halogenated alkanes) is 2. The molecule has 0 atom stereocenters. The third-order valence-corrected chi connectivity index (χ3v) is 3.19. The van der Waals surface area contributed by atoms with Crippen LogP contribution in [0.1, 0.15) is 44.0 Å². The van der Waals surface area contributed by atoms with E-state index >= 15 is 0 Å². The molecule has 0 amide bonds. The number of aliphatic hydroxyl groups is 1. The molecule has 0 aromatic carbocycles. The fourth-order valence-electron chi connectivity index (χ4n) is 2.02. The van der Waals surface area contributed by atoms with E-state index in [-0.39, 0.29) is 6.61 Å². The van der Waals surface area contributed by atoms with Crippen LogP contribution in [-0.4, -0.2) is 35.3 Å². The highest BCUT2D eigenvalue weighted by Crippen LogP contribution is 2.21. The summed E-state index contributed by atoms with van der Waals surface area (Å²) in [6, 6.07) is 0. The molecule has 0 unspecified atom stereocenters. The number of aliphatic hydroxyl groups excluding tert-OH is 1. The summed E-state index contributed by atoms with van der Waals surface area (Å²) in [5.74, 6) is 2.33. The van der Waals surface area contributed by atoms with Crippen LogP contribution < -0.4 is 10.6 Å². The smallest absolute Gasteiger partial charge is 0.137 e. The predicted octanol–water partition coefficient (Wildman–Crippen LogP) is 1.92. The normalized spacial score (nSPS) is 10.7. The number of anilines is 2. The summed E-state index contributed by atoms with van der Waals surface area (Å²) in [6.45, 7) is 5.26. The van der Waals surface area contributed by atoms with Gasteiger partial charge >= 0.3 is 0 Å². The fourth-order valence-corrected chi connectivity index (χ4v) is 2.02. The van der Waals surface area contributed by atoms with Crippen LogP contribution in [0.4, 0.5) is 11.6 Å². The average molecular weight is 266 g/mol. The lowest BCUT2D eigenvalue weighted by atomic mass is 10.2. The Bertz CT molecular complexity index is 395. The maximum atomic E-state index is 8.77. The molecular weight excluding hydrogens is 240 g/mol. The Balaban J connectivity index is 2.74. The number of hydrogen-bond donors (Lipinski definition) is 2. The van der Waals surface area contributed by atoms with Crippen LogP contribution in [0.25, 0.3) is 0 Å². The highest BCUT2D eigenvalue weighted by Gasteiger charge is 2.12. The molecule has 0 saturated carbocycles. The predicted molar refractivity (Wildman–Crippen MR) is 79.4 cm³/mol. The van der Waals surface area contributed by atoms with Crippen LogP contribution in [0.5, 0.6) is 0 Å². The number of nitrogen functional groups attached to an aromatic ring is 1. The van der Waals surface area contributed by atoms with E-state index in [1.165, 1.54) is 0 Å². The molecule has 0 fully saturated rings. The molecule has 5 nitrogen and oxygen atoms in total. The van der Waals surface area contributed by atoms with Gasteiger partial charge in [-0.05, 0) is 32.6 Å². The van der Waals surface area contributed by atoms with Gasteiger partial charge in [0.15, 0.2) is 0 Å². The summed E-state index contributed by atoms with van der Waals surface area (Å²) in [6.07, 6.45) is 4.81. The molecule has 0 radical (unpaired) electrons. The number of nitrogens with zero attached hydrogens (tertiary/aromatic N) is 3. The summed E-state index contributed by atoms with van der Waals surface area (Å²) in [5, 5.41) is 8.77. The molecule has 1 aromatic heterocycles. The lowest BCUT2D eigenvalue weighted by Crippen LogP contribution is -2.22. The Hall–Kier alpha value is -1.36. The molecule has 1 heterocycles. The van der Waals surface area contributed by atoms with Crippen molar-refractivity contribution in [3.8, 4) is 0 Å². The Morgan fingerprint density at radius 3 is 2.58 bits per heavy atom. The number of aromatic nitrogens is 2. The van der Waals surface area contributed by atoms with Crippen LogP contribution in [-0.2, 0) is 6.42 Å². The van der Waals surface area contributed by atoms with Crippen LogP contribution >= 0.6 is 0 Å². The van der Waals surface area contributed by atoms with Crippen molar-refractivity contribution in [2.75, 3.05) is 30.8 Å². The molecule has 5 heteroatoms. The summed E-state index contributed by atoms with van der Waals surface area (Å²) >= 11 is 0. The first-order valence-corrected chi connectivity index (χ1v) is 7.05. The second-order valence-electron chi connectivity index (χ2n) is 4.93. The lowest BCUT2D eigenvalue weighted by Gasteiger charge is -2.21. The van der Waals surface area contributed by atoms with Gasteiger partial charge in [0.25, 0.3) is 0 Å². The largest absolute Gasteiger partial charge is 0.396 e. The first kappa shape index (κ1) is 15.7. The standard InChI is InChI=1S/C14H26N4O/c1-4-8-12-16-13(15)11(2)14(17-12)18(3)9-6-5-7-10-19/h19H,4-10H2,1-3H3,(H2,15,16,17). The minimum atomic E-state index is 0.268. The average Bonchev–Trinajstić information content (AvgIpc) is 2.39. The number of nitrogens with two attached hydrogens (primary N) is 1. The second-order valence-corrected chi connectivity index (χ2v) is 4.93. The number of hydrogen-bond acceptors (Lipinski definition) is 5. The first-order chi connectivity index (χ1) is 9.10. The van der Waals surface area contributed by atoms with Crippen molar-refractivity contribution in [1.82, 2.24) is 9.97 Å². The second kappa shape index (κ2) is 7.94. The van der Waals surface area contributed by atoms with Crippen LogP contribution in [0.15, 0.2) is 0 Å². The molecule has 0 aliphatic carbocycles. The Kier molecular flexibility index (Phi) is 6.56. The molecule has 108 valence electrons. The Morgan fingerprint density at radius 2 is 1.95 bits per heavy atom. The molecule has 19 heavy (non-hydrogen) atoms. The third-order valence-electron chi connectivity index (χ3n) is 3.19. The minimum Gasteiger partial charge on any atom is -0.396 e. The van der Waals surface area contributed by atoms with Crippen LogP contribution in [0.2, 0.25) is 0 Å². The molecule has 1 rings (SSSR count). The van der Waals surface area contributed by atoms with E-state index in [1.807, 2.05) is 14.0 Å². The highest BCUT2D eigenvalue weighted by atomic mass is 16.2. The van der Waals surface area contributed by atoms with Crippen molar-refractivity contribution < 1.29 is 5.11 Å². The SMILES string of the molecule is CCCc1nc(N)c(C)c(N(C)CCCCCO)n1. The van der Waals surface area contributed by atoms with E-state index in [2.05, 4.69) is 21.8 Å². The van der Waals surface area contributed by atoms with Gasteiger partial charge in [-0.3, -0.25) is 0 Å². The van der Waals surface area contributed by atoms with Gasteiger partial charge in [0, 0.05) is 32.2 Å². The lowest BCUT2D eigenvalue weighted by molar-refractivity contribution is 0.283. The van der Waals surface area contributed by atoms with Gasteiger partial charge in [-0.2, -0.15) is 0 Å². The van der Waals surface area contributed by atoms with E-state index in [1.54, 1.807) is 0 Å². The van der Waals surface area contributed by atoms with Crippen LogP contribution in [0, 0.1) is 6.92 Å². The monoisotopic (exact) mass is 266 g/mol. The summed E-state index contributed by atoms with van der Waals surface area (Å²) in [7, 11) is 2.03. The summed E-state index contributed by atoms with van der Waals surface area (Å²) in [4.78, 5) is 11.1. The topological polar surface area (TPSA) is 75.3 Å². The molecule has 0 aliphatic heterocycles. The number of aryl methyl sites for hydroxylation is 1. The zero-order chi connectivity index (χ0) is 14.3. The van der Waals surface area contributed by atoms with Gasteiger partial charge in [-0.15, -0.1) is 0 Å². The summed E-state index contributed by atoms with van der Waals surface area (Å²) < 4.78 is 0. The van der Waals surface area contributed by atoms with Crippen molar-refractivity contribution >= 4 is 11.6 Å². The fraction of sp³-hybridized carbons (Fsp3) is 0.714. The van der Waals surface area contributed by atoms with Crippen molar-refractivity contribution in [2.45, 2.75) is 46.0 Å². The maximum absolute atomic E-state index is 8.77. The minimum absolute atomic E-state index is 0.268. The van der Waals surface area contributed by atoms with Gasteiger partial charge in [-0.1, -0.05) is 6.92 Å². The summed E-state index contributed by atoms with van der Waals surface area (Å²) in [5.41, 5.74) is 6.90. The van der Waals surface area contributed by atoms with Crippen LogP contribution in [0.3, 0.4) is 0 Å². The van der Waals surface area contributed by atoms with Gasteiger partial charge < -0.3 is 15.7 Å². The zero-order valence-corrected chi connectivity index (χ0v) is 12.3. The van der Waals surface area contributed by atoms with Crippen molar-refractivity contribution in [2.24, 2.45) is 0 Å². The van der Waals surface area contributed by atoms with Crippen molar-refractivity contribution in [1.29, 1.82) is 0 Å². The molecule has 1 aromatic rings. The molecule has 0 saturated heterocycles.